The van der Waals surface area contributed by atoms with Gasteiger partial charge in [0.25, 0.3) is 0 Å². The number of nitriles is 1. The Bertz CT molecular complexity index is 166. The largest absolute Gasteiger partial charge is 0.298 e. The highest BCUT2D eigenvalue weighted by atomic mass is 32.3. The van der Waals surface area contributed by atoms with Crippen LogP contribution in [-0.2, 0) is 0 Å². The average molecular weight is 134 g/mol. The van der Waals surface area contributed by atoms with Crippen molar-refractivity contribution in [1.82, 2.24) is 0 Å². The third-order valence-electron chi connectivity index (χ3n) is 0.244. The summed E-state index contributed by atoms with van der Waals surface area (Å²) >= 11 is 0. The second-order valence-corrected chi connectivity index (χ2v) is 2.10. The molecule has 0 amide bonds. The fourth-order valence-electron chi connectivity index (χ4n) is 0.0913. The lowest BCUT2D eigenvalue weighted by Crippen LogP contribution is -1.87. The van der Waals surface area contributed by atoms with E-state index in [-0.39, 0.29) is 0 Å². The van der Waals surface area contributed by atoms with Crippen molar-refractivity contribution in [3.05, 3.63) is 0 Å². The minimum Gasteiger partial charge on any atom is -0.298 e. The Hall–Kier alpha value is -0.720. The molecule has 0 aromatic carbocycles. The summed E-state index contributed by atoms with van der Waals surface area (Å²) in [6.45, 7) is 0. The van der Waals surface area contributed by atoms with E-state index in [9.17, 15) is 0 Å². The molecule has 0 bridgehead atoms. The minimum absolute atomic E-state index is 1.30. The number of rotatable bonds is 0. The van der Waals surface area contributed by atoms with Gasteiger partial charge < -0.3 is 0 Å². The zero-order chi connectivity index (χ0) is 6.62. The molecule has 0 aromatic rings. The monoisotopic (exact) mass is 134 g/mol. The lowest BCUT2D eigenvalue weighted by atomic mass is 10.8. The van der Waals surface area contributed by atoms with Crippen LogP contribution in [0, 0.1) is 22.5 Å². The standard InChI is InChI=1S/C3H3NO3S/c4-2-1-3-8(5,6)7/h5-7H/i4+1. The molecule has 0 aliphatic carbocycles. The topological polar surface area (TPSA) is 84.5 Å². The maximum atomic E-state index is 8.02. The van der Waals surface area contributed by atoms with Gasteiger partial charge in [0.2, 0.25) is 0 Å². The predicted octanol–water partition coefficient (Wildman–Crippen LogP) is 0.694. The van der Waals surface area contributed by atoms with Crippen molar-refractivity contribution in [2.24, 2.45) is 0 Å². The molecule has 0 aromatic heterocycles. The Balaban J connectivity index is 3.93. The van der Waals surface area contributed by atoms with Gasteiger partial charge in [-0.2, -0.15) is 5.26 Å². The van der Waals surface area contributed by atoms with Crippen molar-refractivity contribution in [2.45, 2.75) is 0 Å². The maximum Gasteiger partial charge on any atom is 0.157 e. The van der Waals surface area contributed by atoms with Gasteiger partial charge in [-0.3, -0.25) is 13.7 Å². The summed E-state index contributed by atoms with van der Waals surface area (Å²) in [5, 5.41) is 9.20. The number of hydrogen-bond acceptors (Lipinski definition) is 4. The quantitative estimate of drug-likeness (QED) is 0.336. The van der Waals surface area contributed by atoms with Crippen LogP contribution in [0.15, 0.2) is 0 Å². The van der Waals surface area contributed by atoms with Gasteiger partial charge in [-0.25, -0.2) is 0 Å². The molecular formula is C3H3NO3S. The zero-order valence-corrected chi connectivity index (χ0v) is 4.51. The van der Waals surface area contributed by atoms with Gasteiger partial charge in [-0.1, -0.05) is 0 Å². The van der Waals surface area contributed by atoms with Crippen LogP contribution in [0.25, 0.3) is 0 Å². The van der Waals surface area contributed by atoms with Crippen molar-refractivity contribution in [3.8, 4) is 17.2 Å². The first-order valence-corrected chi connectivity index (χ1v) is 2.98. The van der Waals surface area contributed by atoms with Crippen molar-refractivity contribution in [1.29, 1.82) is 5.26 Å². The average Bonchev–Trinajstić information content (AvgIpc) is 1.59. The van der Waals surface area contributed by atoms with E-state index in [2.05, 4.69) is 0 Å². The second kappa shape index (κ2) is 2.55. The molecule has 0 atom stereocenters. The molecule has 0 spiro atoms. The molecule has 0 saturated carbocycles. The van der Waals surface area contributed by atoms with Gasteiger partial charge in [0.05, 0.1) is 0 Å². The molecule has 0 unspecified atom stereocenters. The van der Waals surface area contributed by atoms with E-state index in [1.54, 1.807) is 5.92 Å². The van der Waals surface area contributed by atoms with E-state index in [0.717, 1.165) is 0 Å². The van der Waals surface area contributed by atoms with Gasteiger partial charge in [-0.15, -0.1) is 0 Å². The molecule has 0 fully saturated rings. The van der Waals surface area contributed by atoms with Gasteiger partial charge in [-0.05, 0) is 0 Å². The van der Waals surface area contributed by atoms with Crippen LogP contribution in [0.5, 0.6) is 0 Å². The molecule has 0 saturated heterocycles. The molecule has 0 aliphatic heterocycles. The van der Waals surface area contributed by atoms with Crippen molar-refractivity contribution < 1.29 is 13.7 Å². The number of nitrogens with zero attached hydrogens (tertiary/aromatic N) is 1. The normalized spacial score (nSPS) is 10.8. The first-order chi connectivity index (χ1) is 3.56. The van der Waals surface area contributed by atoms with Crippen LogP contribution >= 0.6 is 10.9 Å². The molecule has 44 valence electrons. The Morgan fingerprint density at radius 1 is 1.25 bits per heavy atom. The van der Waals surface area contributed by atoms with Crippen LogP contribution in [0.2, 0.25) is 0 Å². The van der Waals surface area contributed by atoms with E-state index in [0.29, 0.717) is 0 Å². The summed E-state index contributed by atoms with van der Waals surface area (Å²) in [5.74, 6) is 1.63. The zero-order valence-electron chi connectivity index (χ0n) is 3.70. The summed E-state index contributed by atoms with van der Waals surface area (Å²) in [6.07, 6.45) is 0. The first-order valence-electron chi connectivity index (χ1n) is 1.48. The SMILES string of the molecule is [15N]#CC#CS(O)(O)O. The van der Waals surface area contributed by atoms with E-state index in [4.69, 9.17) is 18.9 Å². The Kier molecular flexibility index (Phi) is 2.32. The highest BCUT2D eigenvalue weighted by molar-refractivity contribution is 8.23. The summed E-state index contributed by atoms with van der Waals surface area (Å²) in [5.41, 5.74) is 0. The summed E-state index contributed by atoms with van der Waals surface area (Å²) in [7, 11) is -3.77. The molecule has 0 heterocycles. The summed E-state index contributed by atoms with van der Waals surface area (Å²) in [6, 6.07) is 1.30. The Morgan fingerprint density at radius 2 is 1.75 bits per heavy atom. The summed E-state index contributed by atoms with van der Waals surface area (Å²) in [4.78, 5) is 0. The lowest BCUT2D eigenvalue weighted by Gasteiger charge is -2.06. The van der Waals surface area contributed by atoms with Gasteiger partial charge in [0.15, 0.2) is 16.9 Å². The molecule has 4 nitrogen and oxygen atoms in total. The van der Waals surface area contributed by atoms with Crippen LogP contribution in [0.3, 0.4) is 0 Å². The van der Waals surface area contributed by atoms with Crippen molar-refractivity contribution in [2.75, 3.05) is 0 Å². The lowest BCUT2D eigenvalue weighted by molar-refractivity contribution is 0.392. The predicted molar refractivity (Wildman–Crippen MR) is 28.9 cm³/mol. The molecule has 0 rings (SSSR count). The minimum atomic E-state index is -3.77. The molecule has 0 radical (unpaired) electrons. The van der Waals surface area contributed by atoms with Crippen LogP contribution in [0.1, 0.15) is 0 Å². The molecular weight excluding hydrogens is 131 g/mol. The van der Waals surface area contributed by atoms with Gasteiger partial charge in [0.1, 0.15) is 0 Å². The fourth-order valence-corrected chi connectivity index (χ4v) is 0.274. The molecule has 5 heteroatoms. The fraction of sp³-hybridized carbons (Fsp3) is 0. The Labute approximate surface area is 47.9 Å². The van der Waals surface area contributed by atoms with Crippen LogP contribution in [0.4, 0.5) is 0 Å². The van der Waals surface area contributed by atoms with E-state index < -0.39 is 10.9 Å². The Morgan fingerprint density at radius 3 is 1.88 bits per heavy atom. The smallest absolute Gasteiger partial charge is 0.157 e. The highest BCUT2D eigenvalue weighted by Gasteiger charge is 2.02. The first kappa shape index (κ1) is 7.28. The van der Waals surface area contributed by atoms with E-state index in [1.165, 1.54) is 11.3 Å². The van der Waals surface area contributed by atoms with Crippen LogP contribution in [-0.4, -0.2) is 13.7 Å². The second-order valence-electron chi connectivity index (χ2n) is 0.858. The van der Waals surface area contributed by atoms with Crippen molar-refractivity contribution >= 4 is 10.9 Å². The molecule has 0 aliphatic rings. The number of hydrogen-bond donors (Lipinski definition) is 3. The van der Waals surface area contributed by atoms with Crippen molar-refractivity contribution in [3.63, 3.8) is 0 Å². The van der Waals surface area contributed by atoms with E-state index in [1.807, 2.05) is 0 Å². The highest BCUT2D eigenvalue weighted by Crippen LogP contribution is 2.29. The van der Waals surface area contributed by atoms with E-state index >= 15 is 0 Å². The third kappa shape index (κ3) is 5.28. The van der Waals surface area contributed by atoms with Gasteiger partial charge >= 0.3 is 0 Å². The molecule has 3 N–H and O–H groups in total. The van der Waals surface area contributed by atoms with Gasteiger partial charge in [0, 0.05) is 11.2 Å². The third-order valence-corrected chi connectivity index (χ3v) is 0.620. The maximum absolute atomic E-state index is 8.02. The summed E-state index contributed by atoms with van der Waals surface area (Å²) < 4.78 is 24.1. The van der Waals surface area contributed by atoms with Crippen LogP contribution < -0.4 is 0 Å². The molecule has 8 heavy (non-hydrogen) atoms.